The van der Waals surface area contributed by atoms with Crippen molar-refractivity contribution in [2.45, 2.75) is 63.7 Å². The van der Waals surface area contributed by atoms with Crippen LogP contribution in [0.25, 0.3) is 0 Å². The van der Waals surface area contributed by atoms with Crippen LogP contribution < -0.4 is 5.73 Å². The third-order valence-corrected chi connectivity index (χ3v) is 3.54. The van der Waals surface area contributed by atoms with Crippen molar-refractivity contribution in [3.8, 4) is 0 Å². The van der Waals surface area contributed by atoms with E-state index in [1.165, 1.54) is 10.9 Å². The standard InChI is InChI=1S/C14H23N3O3/c1-13(2,3)20-12(19)17-8-11(16-9-17)14(15)6-4-10(18)5-7-14/h8-10,18H,4-7,15H2,1-3H3. The summed E-state index contributed by atoms with van der Waals surface area (Å²) >= 11 is 0. The molecule has 1 aromatic rings. The van der Waals surface area contributed by atoms with E-state index < -0.39 is 17.2 Å². The van der Waals surface area contributed by atoms with E-state index in [1.807, 2.05) is 20.8 Å². The molecule has 1 saturated carbocycles. The van der Waals surface area contributed by atoms with Gasteiger partial charge in [-0.25, -0.2) is 14.3 Å². The number of nitrogens with zero attached hydrogens (tertiary/aromatic N) is 2. The van der Waals surface area contributed by atoms with Crippen LogP contribution in [-0.2, 0) is 10.3 Å². The van der Waals surface area contributed by atoms with Gasteiger partial charge in [0.1, 0.15) is 11.9 Å². The number of ether oxygens (including phenoxy) is 1. The minimum Gasteiger partial charge on any atom is -0.443 e. The minimum atomic E-state index is -0.563. The molecule has 20 heavy (non-hydrogen) atoms. The lowest BCUT2D eigenvalue weighted by atomic mass is 9.79. The highest BCUT2D eigenvalue weighted by Crippen LogP contribution is 2.33. The van der Waals surface area contributed by atoms with Crippen molar-refractivity contribution in [2.75, 3.05) is 0 Å². The Hall–Kier alpha value is -1.40. The highest BCUT2D eigenvalue weighted by molar-refractivity contribution is 5.70. The molecule has 2 rings (SSSR count). The van der Waals surface area contributed by atoms with Crippen molar-refractivity contribution in [3.05, 3.63) is 18.2 Å². The molecule has 112 valence electrons. The Morgan fingerprint density at radius 2 is 2.10 bits per heavy atom. The minimum absolute atomic E-state index is 0.278. The Kier molecular flexibility index (Phi) is 3.88. The van der Waals surface area contributed by atoms with E-state index in [2.05, 4.69) is 4.98 Å². The lowest BCUT2D eigenvalue weighted by Crippen LogP contribution is -2.42. The molecule has 0 spiro atoms. The fourth-order valence-electron chi connectivity index (χ4n) is 2.37. The summed E-state index contributed by atoms with van der Waals surface area (Å²) < 4.78 is 6.60. The molecule has 0 saturated heterocycles. The number of carbonyl (C=O) groups excluding carboxylic acids is 1. The van der Waals surface area contributed by atoms with Crippen LogP contribution in [0, 0.1) is 0 Å². The van der Waals surface area contributed by atoms with Gasteiger partial charge in [0.05, 0.1) is 17.3 Å². The maximum Gasteiger partial charge on any atom is 0.419 e. The van der Waals surface area contributed by atoms with Gasteiger partial charge in [0.15, 0.2) is 0 Å². The molecule has 0 radical (unpaired) electrons. The zero-order valence-electron chi connectivity index (χ0n) is 12.3. The van der Waals surface area contributed by atoms with Crippen molar-refractivity contribution >= 4 is 6.09 Å². The van der Waals surface area contributed by atoms with Gasteiger partial charge in [-0.15, -0.1) is 0 Å². The van der Waals surface area contributed by atoms with Crippen LogP contribution >= 0.6 is 0 Å². The molecule has 1 aliphatic carbocycles. The van der Waals surface area contributed by atoms with Crippen LogP contribution in [0.15, 0.2) is 12.5 Å². The molecule has 1 aromatic heterocycles. The van der Waals surface area contributed by atoms with Gasteiger partial charge in [-0.2, -0.15) is 0 Å². The Morgan fingerprint density at radius 1 is 1.50 bits per heavy atom. The lowest BCUT2D eigenvalue weighted by Gasteiger charge is -2.34. The molecule has 0 aliphatic heterocycles. The molecule has 0 bridgehead atoms. The first-order valence-corrected chi connectivity index (χ1v) is 6.94. The van der Waals surface area contributed by atoms with E-state index >= 15 is 0 Å². The molecular weight excluding hydrogens is 258 g/mol. The summed E-state index contributed by atoms with van der Waals surface area (Å²) in [7, 11) is 0. The largest absolute Gasteiger partial charge is 0.443 e. The molecule has 1 aliphatic rings. The summed E-state index contributed by atoms with van der Waals surface area (Å²) in [5.74, 6) is 0. The summed E-state index contributed by atoms with van der Waals surface area (Å²) in [6, 6.07) is 0. The van der Waals surface area contributed by atoms with Gasteiger partial charge in [-0.1, -0.05) is 0 Å². The summed E-state index contributed by atoms with van der Waals surface area (Å²) in [6.45, 7) is 5.45. The van der Waals surface area contributed by atoms with Crippen LogP contribution in [0.2, 0.25) is 0 Å². The number of hydrogen-bond acceptors (Lipinski definition) is 5. The van der Waals surface area contributed by atoms with Crippen LogP contribution in [0.4, 0.5) is 4.79 Å². The van der Waals surface area contributed by atoms with Crippen LogP contribution in [0.5, 0.6) is 0 Å². The Bertz CT molecular complexity index is 482. The second-order valence-corrected chi connectivity index (χ2v) is 6.53. The fourth-order valence-corrected chi connectivity index (χ4v) is 2.37. The van der Waals surface area contributed by atoms with E-state index in [0.29, 0.717) is 31.4 Å². The second-order valence-electron chi connectivity index (χ2n) is 6.53. The van der Waals surface area contributed by atoms with Crippen LogP contribution in [0.1, 0.15) is 52.1 Å². The summed E-state index contributed by atoms with van der Waals surface area (Å²) in [5.41, 5.74) is 5.91. The topological polar surface area (TPSA) is 90.4 Å². The van der Waals surface area contributed by atoms with Gasteiger partial charge < -0.3 is 15.6 Å². The number of aliphatic hydroxyl groups is 1. The Morgan fingerprint density at radius 3 is 2.65 bits per heavy atom. The van der Waals surface area contributed by atoms with Crippen molar-refractivity contribution in [2.24, 2.45) is 5.73 Å². The monoisotopic (exact) mass is 281 g/mol. The molecule has 6 heteroatoms. The quantitative estimate of drug-likeness (QED) is 0.818. The van der Waals surface area contributed by atoms with E-state index in [-0.39, 0.29) is 6.10 Å². The van der Waals surface area contributed by atoms with Gasteiger partial charge in [0.2, 0.25) is 0 Å². The first kappa shape index (κ1) is 15.0. The van der Waals surface area contributed by atoms with Crippen LogP contribution in [0.3, 0.4) is 0 Å². The van der Waals surface area contributed by atoms with Gasteiger partial charge >= 0.3 is 6.09 Å². The third-order valence-electron chi connectivity index (χ3n) is 3.54. The van der Waals surface area contributed by atoms with Gasteiger partial charge in [0, 0.05) is 6.20 Å². The van der Waals surface area contributed by atoms with Crippen molar-refractivity contribution in [1.82, 2.24) is 9.55 Å². The molecule has 6 nitrogen and oxygen atoms in total. The number of carbonyl (C=O) groups is 1. The SMILES string of the molecule is CC(C)(C)OC(=O)n1cnc(C2(N)CCC(O)CC2)c1. The second kappa shape index (κ2) is 5.18. The van der Waals surface area contributed by atoms with Gasteiger partial charge in [-0.3, -0.25) is 0 Å². The van der Waals surface area contributed by atoms with Gasteiger partial charge in [0.25, 0.3) is 0 Å². The van der Waals surface area contributed by atoms with Crippen molar-refractivity contribution in [3.63, 3.8) is 0 Å². The highest BCUT2D eigenvalue weighted by Gasteiger charge is 2.35. The zero-order chi connectivity index (χ0) is 15.0. The Balaban J connectivity index is 2.11. The molecule has 1 heterocycles. The molecule has 0 unspecified atom stereocenters. The van der Waals surface area contributed by atoms with E-state index in [1.54, 1.807) is 6.20 Å². The number of rotatable bonds is 1. The first-order chi connectivity index (χ1) is 9.20. The first-order valence-electron chi connectivity index (χ1n) is 6.94. The predicted molar refractivity (Wildman–Crippen MR) is 74.2 cm³/mol. The smallest absolute Gasteiger partial charge is 0.419 e. The number of aromatic nitrogens is 2. The molecule has 1 fully saturated rings. The van der Waals surface area contributed by atoms with Gasteiger partial charge in [-0.05, 0) is 46.5 Å². The summed E-state index contributed by atoms with van der Waals surface area (Å²) in [4.78, 5) is 16.2. The molecular formula is C14H23N3O3. The van der Waals surface area contributed by atoms with Crippen LogP contribution in [-0.4, -0.2) is 32.5 Å². The van der Waals surface area contributed by atoms with Crippen molar-refractivity contribution < 1.29 is 14.6 Å². The maximum atomic E-state index is 11.9. The number of nitrogens with two attached hydrogens (primary N) is 1. The molecule has 0 atom stereocenters. The average molecular weight is 281 g/mol. The predicted octanol–water partition coefficient (Wildman–Crippen LogP) is 1.76. The number of hydrogen-bond donors (Lipinski definition) is 2. The highest BCUT2D eigenvalue weighted by atomic mass is 16.6. The average Bonchev–Trinajstić information content (AvgIpc) is 2.81. The summed E-state index contributed by atoms with van der Waals surface area (Å²) in [6.07, 6.45) is 4.98. The normalized spacial score (nSPS) is 27.4. The molecule has 0 aromatic carbocycles. The van der Waals surface area contributed by atoms with Crippen molar-refractivity contribution in [1.29, 1.82) is 0 Å². The van der Waals surface area contributed by atoms with E-state index in [0.717, 1.165) is 0 Å². The fraction of sp³-hybridized carbons (Fsp3) is 0.714. The third kappa shape index (κ3) is 3.37. The zero-order valence-corrected chi connectivity index (χ0v) is 12.3. The number of aliphatic hydroxyl groups excluding tert-OH is 1. The number of imidazole rings is 1. The van der Waals surface area contributed by atoms with E-state index in [4.69, 9.17) is 10.5 Å². The summed E-state index contributed by atoms with van der Waals surface area (Å²) in [5, 5.41) is 9.55. The maximum absolute atomic E-state index is 11.9. The van der Waals surface area contributed by atoms with E-state index in [9.17, 15) is 9.90 Å². The lowest BCUT2D eigenvalue weighted by molar-refractivity contribution is 0.0535. The molecule has 0 amide bonds. The molecule has 3 N–H and O–H groups in total. The Labute approximate surface area is 118 Å².